The number of hydrogen-bond acceptors (Lipinski definition) is 3. The third kappa shape index (κ3) is 4.21. The van der Waals surface area contributed by atoms with Gasteiger partial charge in [-0.15, -0.1) is 0 Å². The highest BCUT2D eigenvalue weighted by Gasteiger charge is 2.29. The summed E-state index contributed by atoms with van der Waals surface area (Å²) in [6, 6.07) is 7.31. The van der Waals surface area contributed by atoms with E-state index in [1.807, 2.05) is 64.0 Å². The monoisotopic (exact) mass is 261 g/mol. The molecule has 0 radical (unpaired) electrons. The second-order valence-electron chi connectivity index (χ2n) is 5.73. The Morgan fingerprint density at radius 1 is 1.32 bits per heavy atom. The fourth-order valence-corrected chi connectivity index (χ4v) is 1.92. The first-order valence-corrected chi connectivity index (χ1v) is 6.37. The normalized spacial score (nSPS) is 13.2. The molecule has 1 atom stereocenters. The van der Waals surface area contributed by atoms with E-state index in [1.165, 1.54) is 0 Å². The van der Waals surface area contributed by atoms with Gasteiger partial charge in [-0.3, -0.25) is 4.90 Å². The maximum Gasteiger partial charge on any atom is 0.328 e. The molecule has 0 bridgehead atoms. The minimum absolute atomic E-state index is 0.244. The van der Waals surface area contributed by atoms with Crippen LogP contribution in [0.2, 0.25) is 0 Å². The van der Waals surface area contributed by atoms with Crippen LogP contribution in [0.3, 0.4) is 0 Å². The van der Waals surface area contributed by atoms with Gasteiger partial charge in [-0.25, -0.2) is 4.79 Å². The predicted molar refractivity (Wildman–Crippen MR) is 78.8 cm³/mol. The van der Waals surface area contributed by atoms with Crippen LogP contribution in [0.15, 0.2) is 30.8 Å². The molecule has 0 aliphatic carbocycles. The predicted octanol–water partition coefficient (Wildman–Crippen LogP) is 3.27. The van der Waals surface area contributed by atoms with E-state index in [0.717, 1.165) is 11.1 Å². The Bertz CT molecular complexity index is 458. The molecule has 1 aromatic rings. The van der Waals surface area contributed by atoms with Gasteiger partial charge < -0.3 is 4.74 Å². The summed E-state index contributed by atoms with van der Waals surface area (Å²) in [5.74, 6) is -0.244. The van der Waals surface area contributed by atoms with E-state index in [1.54, 1.807) is 6.08 Å². The fourth-order valence-electron chi connectivity index (χ4n) is 1.92. The Labute approximate surface area is 115 Å². The maximum atomic E-state index is 12.4. The van der Waals surface area contributed by atoms with Gasteiger partial charge in [0.1, 0.15) is 11.6 Å². The van der Waals surface area contributed by atoms with Crippen molar-refractivity contribution in [3.63, 3.8) is 0 Å². The van der Waals surface area contributed by atoms with Crippen LogP contribution in [-0.2, 0) is 9.53 Å². The molecule has 0 aromatic heterocycles. The van der Waals surface area contributed by atoms with E-state index in [9.17, 15) is 4.79 Å². The molecule has 3 nitrogen and oxygen atoms in total. The van der Waals surface area contributed by atoms with Crippen molar-refractivity contribution in [3.8, 4) is 0 Å². The Morgan fingerprint density at radius 3 is 2.37 bits per heavy atom. The molecule has 0 aliphatic rings. The third-order valence-electron chi connectivity index (χ3n) is 2.66. The first-order chi connectivity index (χ1) is 8.76. The molecule has 1 rings (SSSR count). The Kier molecular flexibility index (Phi) is 4.90. The number of ether oxygens (including phenoxy) is 1. The topological polar surface area (TPSA) is 29.5 Å². The lowest BCUT2D eigenvalue weighted by Crippen LogP contribution is -2.34. The SMILES string of the molecule is C=Cc1ccccc1[C@H](C(=O)OC(C)(C)C)N(C)C. The molecule has 0 saturated heterocycles. The molecule has 0 fully saturated rings. The molecule has 0 saturated carbocycles. The van der Waals surface area contributed by atoms with Crippen molar-refractivity contribution >= 4 is 12.0 Å². The second-order valence-corrected chi connectivity index (χ2v) is 5.73. The Hall–Kier alpha value is -1.61. The molecule has 19 heavy (non-hydrogen) atoms. The van der Waals surface area contributed by atoms with Crippen molar-refractivity contribution in [2.75, 3.05) is 14.1 Å². The summed E-state index contributed by atoms with van der Waals surface area (Å²) in [6.45, 7) is 9.41. The van der Waals surface area contributed by atoms with Gasteiger partial charge in [-0.1, -0.05) is 36.9 Å². The smallest absolute Gasteiger partial charge is 0.328 e. The molecule has 0 spiro atoms. The van der Waals surface area contributed by atoms with Crippen LogP contribution in [0.5, 0.6) is 0 Å². The highest BCUT2D eigenvalue weighted by molar-refractivity contribution is 5.79. The summed E-state index contributed by atoms with van der Waals surface area (Å²) in [7, 11) is 3.74. The minimum Gasteiger partial charge on any atom is -0.459 e. The Balaban J connectivity index is 3.14. The molecular weight excluding hydrogens is 238 g/mol. The van der Waals surface area contributed by atoms with Crippen molar-refractivity contribution in [1.29, 1.82) is 0 Å². The molecule has 0 unspecified atom stereocenters. The molecule has 0 aliphatic heterocycles. The van der Waals surface area contributed by atoms with Crippen molar-refractivity contribution in [2.45, 2.75) is 32.4 Å². The van der Waals surface area contributed by atoms with Gasteiger partial charge in [0, 0.05) is 0 Å². The number of likely N-dealkylation sites (N-methyl/N-ethyl adjacent to an activating group) is 1. The van der Waals surface area contributed by atoms with E-state index in [2.05, 4.69) is 6.58 Å². The van der Waals surface area contributed by atoms with E-state index < -0.39 is 11.6 Å². The van der Waals surface area contributed by atoms with E-state index >= 15 is 0 Å². The van der Waals surface area contributed by atoms with Crippen LogP contribution in [0.4, 0.5) is 0 Å². The summed E-state index contributed by atoms with van der Waals surface area (Å²) in [6.07, 6.45) is 1.76. The van der Waals surface area contributed by atoms with Crippen molar-refractivity contribution in [3.05, 3.63) is 42.0 Å². The number of benzene rings is 1. The Morgan fingerprint density at radius 2 is 1.89 bits per heavy atom. The maximum absolute atomic E-state index is 12.4. The van der Waals surface area contributed by atoms with E-state index in [0.29, 0.717) is 0 Å². The summed E-state index contributed by atoms with van der Waals surface area (Å²) in [4.78, 5) is 14.2. The van der Waals surface area contributed by atoms with Crippen molar-refractivity contribution < 1.29 is 9.53 Å². The van der Waals surface area contributed by atoms with Gasteiger partial charge in [-0.05, 0) is 46.0 Å². The summed E-state index contributed by atoms with van der Waals surface area (Å²) < 4.78 is 5.50. The van der Waals surface area contributed by atoms with Crippen LogP contribution in [0, 0.1) is 0 Å². The molecule has 1 aromatic carbocycles. The van der Waals surface area contributed by atoms with Gasteiger partial charge in [0.2, 0.25) is 0 Å². The molecular formula is C16H23NO2. The number of nitrogens with zero attached hydrogens (tertiary/aromatic N) is 1. The number of esters is 1. The average molecular weight is 261 g/mol. The lowest BCUT2D eigenvalue weighted by Gasteiger charge is -2.28. The first kappa shape index (κ1) is 15.4. The van der Waals surface area contributed by atoms with E-state index in [4.69, 9.17) is 4.74 Å². The second kappa shape index (κ2) is 6.02. The lowest BCUT2D eigenvalue weighted by atomic mass is 9.99. The summed E-state index contributed by atoms with van der Waals surface area (Å²) in [5, 5.41) is 0. The van der Waals surface area contributed by atoms with Crippen LogP contribution in [0.1, 0.15) is 37.9 Å². The minimum atomic E-state index is -0.492. The van der Waals surface area contributed by atoms with E-state index in [-0.39, 0.29) is 5.97 Å². The van der Waals surface area contributed by atoms with Gasteiger partial charge in [0.15, 0.2) is 0 Å². The molecule has 0 amide bonds. The highest BCUT2D eigenvalue weighted by atomic mass is 16.6. The zero-order valence-electron chi connectivity index (χ0n) is 12.4. The zero-order valence-corrected chi connectivity index (χ0v) is 12.4. The number of carbonyl (C=O) groups excluding carboxylic acids is 1. The lowest BCUT2D eigenvalue weighted by molar-refractivity contribution is -0.160. The highest BCUT2D eigenvalue weighted by Crippen LogP contribution is 2.26. The number of hydrogen-bond donors (Lipinski definition) is 0. The van der Waals surface area contributed by atoms with Crippen LogP contribution in [0.25, 0.3) is 6.08 Å². The summed E-state index contributed by atoms with van der Waals surface area (Å²) >= 11 is 0. The van der Waals surface area contributed by atoms with Crippen molar-refractivity contribution in [1.82, 2.24) is 4.90 Å². The molecule has 0 heterocycles. The van der Waals surface area contributed by atoms with Gasteiger partial charge >= 0.3 is 5.97 Å². The first-order valence-electron chi connectivity index (χ1n) is 6.37. The zero-order chi connectivity index (χ0) is 14.6. The number of rotatable bonds is 4. The standard InChI is InChI=1S/C16H23NO2/c1-7-12-10-8-9-11-13(12)14(17(5)6)15(18)19-16(2,3)4/h7-11,14H,1H2,2-6H3/t14-/m1/s1. The number of carbonyl (C=O) groups is 1. The fraction of sp³-hybridized carbons (Fsp3) is 0.438. The molecule has 3 heteroatoms. The van der Waals surface area contributed by atoms with Crippen molar-refractivity contribution in [2.24, 2.45) is 0 Å². The van der Waals surface area contributed by atoms with Gasteiger partial charge in [0.05, 0.1) is 0 Å². The van der Waals surface area contributed by atoms with Gasteiger partial charge in [-0.2, -0.15) is 0 Å². The van der Waals surface area contributed by atoms with Crippen LogP contribution < -0.4 is 0 Å². The average Bonchev–Trinajstić information content (AvgIpc) is 2.26. The third-order valence-corrected chi connectivity index (χ3v) is 2.66. The van der Waals surface area contributed by atoms with Crippen LogP contribution in [-0.4, -0.2) is 30.6 Å². The summed E-state index contributed by atoms with van der Waals surface area (Å²) in [5.41, 5.74) is 1.37. The quantitative estimate of drug-likeness (QED) is 0.779. The largest absolute Gasteiger partial charge is 0.459 e. The van der Waals surface area contributed by atoms with Gasteiger partial charge in [0.25, 0.3) is 0 Å². The molecule has 104 valence electrons. The molecule has 0 N–H and O–H groups in total. The van der Waals surface area contributed by atoms with Crippen LogP contribution >= 0.6 is 0 Å².